The fourth-order valence-corrected chi connectivity index (χ4v) is 1.90. The molecule has 0 bridgehead atoms. The number of esters is 1. The molecule has 8 heteroatoms. The van der Waals surface area contributed by atoms with Crippen LogP contribution in [0.1, 0.15) is 19.8 Å². The lowest BCUT2D eigenvalue weighted by Crippen LogP contribution is -2.45. The molecular formula is C12H20N2O6. The molecule has 1 rings (SSSR count). The summed E-state index contributed by atoms with van der Waals surface area (Å²) in [4.78, 5) is 35.0. The summed E-state index contributed by atoms with van der Waals surface area (Å²) in [6.07, 6.45) is -0.0817. The van der Waals surface area contributed by atoms with Crippen LogP contribution >= 0.6 is 0 Å². The van der Waals surface area contributed by atoms with Crippen LogP contribution in [0.15, 0.2) is 0 Å². The number of carboxylic acids is 1. The number of carboxylic acid groups (broad SMARTS) is 1. The van der Waals surface area contributed by atoms with Gasteiger partial charge in [-0.2, -0.15) is 0 Å². The van der Waals surface area contributed by atoms with Crippen molar-refractivity contribution in [3.8, 4) is 0 Å². The Balaban J connectivity index is 2.35. The SMILES string of the molecule is CCN(CC(=O)OC)C(=O)NCC1CCC(C(=O)O)O1. The molecule has 1 saturated heterocycles. The van der Waals surface area contributed by atoms with E-state index < -0.39 is 24.1 Å². The summed E-state index contributed by atoms with van der Waals surface area (Å²) in [5.41, 5.74) is 0. The van der Waals surface area contributed by atoms with Gasteiger partial charge in [0.1, 0.15) is 6.54 Å². The van der Waals surface area contributed by atoms with Gasteiger partial charge in [0.15, 0.2) is 6.10 Å². The molecule has 2 atom stereocenters. The van der Waals surface area contributed by atoms with Crippen LogP contribution in [0.2, 0.25) is 0 Å². The van der Waals surface area contributed by atoms with Crippen molar-refractivity contribution < 1.29 is 29.0 Å². The Bertz CT molecular complexity index is 373. The molecular weight excluding hydrogens is 268 g/mol. The molecule has 1 heterocycles. The maximum atomic E-state index is 11.8. The zero-order chi connectivity index (χ0) is 15.1. The third-order valence-corrected chi connectivity index (χ3v) is 3.08. The van der Waals surface area contributed by atoms with Gasteiger partial charge in [-0.15, -0.1) is 0 Å². The predicted molar refractivity (Wildman–Crippen MR) is 68.2 cm³/mol. The van der Waals surface area contributed by atoms with Gasteiger partial charge in [-0.25, -0.2) is 9.59 Å². The molecule has 114 valence electrons. The van der Waals surface area contributed by atoms with Crippen molar-refractivity contribution in [3.63, 3.8) is 0 Å². The third-order valence-electron chi connectivity index (χ3n) is 3.08. The number of hydrogen-bond acceptors (Lipinski definition) is 5. The van der Waals surface area contributed by atoms with Gasteiger partial charge in [-0.05, 0) is 19.8 Å². The molecule has 2 amide bonds. The van der Waals surface area contributed by atoms with E-state index in [-0.39, 0.29) is 19.2 Å². The first-order valence-electron chi connectivity index (χ1n) is 6.45. The molecule has 8 nitrogen and oxygen atoms in total. The second-order valence-electron chi connectivity index (χ2n) is 4.44. The Morgan fingerprint density at radius 2 is 2.10 bits per heavy atom. The number of likely N-dealkylation sites (N-methyl/N-ethyl adjacent to an activating group) is 1. The largest absolute Gasteiger partial charge is 0.479 e. The second-order valence-corrected chi connectivity index (χ2v) is 4.44. The van der Waals surface area contributed by atoms with E-state index in [0.717, 1.165) is 0 Å². The zero-order valence-corrected chi connectivity index (χ0v) is 11.6. The Labute approximate surface area is 117 Å². The normalized spacial score (nSPS) is 21.3. The maximum Gasteiger partial charge on any atom is 0.332 e. The molecule has 2 N–H and O–H groups in total. The highest BCUT2D eigenvalue weighted by molar-refractivity contribution is 5.80. The third kappa shape index (κ3) is 4.69. The first-order valence-corrected chi connectivity index (χ1v) is 6.45. The monoisotopic (exact) mass is 288 g/mol. The van der Waals surface area contributed by atoms with Crippen molar-refractivity contribution in [1.29, 1.82) is 0 Å². The van der Waals surface area contributed by atoms with Crippen molar-refractivity contribution in [2.24, 2.45) is 0 Å². The van der Waals surface area contributed by atoms with E-state index in [0.29, 0.717) is 19.4 Å². The lowest BCUT2D eigenvalue weighted by atomic mass is 10.2. The van der Waals surface area contributed by atoms with E-state index >= 15 is 0 Å². The van der Waals surface area contributed by atoms with E-state index in [1.807, 2.05) is 0 Å². The number of nitrogens with one attached hydrogen (secondary N) is 1. The minimum absolute atomic E-state index is 0.123. The topological polar surface area (TPSA) is 105 Å². The van der Waals surface area contributed by atoms with E-state index in [1.165, 1.54) is 12.0 Å². The number of rotatable bonds is 6. The summed E-state index contributed by atoms with van der Waals surface area (Å²) >= 11 is 0. The van der Waals surface area contributed by atoms with Crippen LogP contribution < -0.4 is 5.32 Å². The molecule has 0 aromatic carbocycles. The second kappa shape index (κ2) is 7.68. The van der Waals surface area contributed by atoms with Crippen molar-refractivity contribution in [2.45, 2.75) is 32.0 Å². The Hall–Kier alpha value is -1.83. The summed E-state index contributed by atoms with van der Waals surface area (Å²) in [6, 6.07) is -0.403. The highest BCUT2D eigenvalue weighted by Gasteiger charge is 2.30. The van der Waals surface area contributed by atoms with Gasteiger partial charge in [0, 0.05) is 13.1 Å². The van der Waals surface area contributed by atoms with Crippen LogP contribution in [0, 0.1) is 0 Å². The fourth-order valence-electron chi connectivity index (χ4n) is 1.90. The van der Waals surface area contributed by atoms with Gasteiger partial charge >= 0.3 is 18.0 Å². The number of urea groups is 1. The van der Waals surface area contributed by atoms with Crippen LogP contribution in [0.25, 0.3) is 0 Å². The van der Waals surface area contributed by atoms with E-state index in [2.05, 4.69) is 10.1 Å². The van der Waals surface area contributed by atoms with Crippen LogP contribution in [0.3, 0.4) is 0 Å². The van der Waals surface area contributed by atoms with Gasteiger partial charge in [0.25, 0.3) is 0 Å². The molecule has 2 unspecified atom stereocenters. The number of hydrogen-bond donors (Lipinski definition) is 2. The summed E-state index contributed by atoms with van der Waals surface area (Å²) in [6.45, 7) is 2.21. The van der Waals surface area contributed by atoms with Crippen LogP contribution in [-0.2, 0) is 19.1 Å². The highest BCUT2D eigenvalue weighted by Crippen LogP contribution is 2.19. The molecule has 20 heavy (non-hydrogen) atoms. The number of carbonyl (C=O) groups excluding carboxylic acids is 2. The van der Waals surface area contributed by atoms with Gasteiger partial charge in [0.2, 0.25) is 0 Å². The summed E-state index contributed by atoms with van der Waals surface area (Å²) in [5, 5.41) is 11.4. The maximum absolute atomic E-state index is 11.8. The predicted octanol–water partition coefficient (Wildman–Crippen LogP) is -0.177. The molecule has 0 saturated carbocycles. The lowest BCUT2D eigenvalue weighted by Gasteiger charge is -2.21. The number of aliphatic carboxylic acids is 1. The minimum atomic E-state index is -0.986. The van der Waals surface area contributed by atoms with Crippen LogP contribution in [-0.4, -0.2) is 66.9 Å². The highest BCUT2D eigenvalue weighted by atomic mass is 16.5. The first kappa shape index (κ1) is 16.2. The minimum Gasteiger partial charge on any atom is -0.479 e. The van der Waals surface area contributed by atoms with Crippen molar-refractivity contribution in [1.82, 2.24) is 10.2 Å². The molecule has 1 aliphatic heterocycles. The fraction of sp³-hybridized carbons (Fsp3) is 0.750. The van der Waals surface area contributed by atoms with E-state index in [4.69, 9.17) is 9.84 Å². The molecule has 0 spiro atoms. The molecule has 1 aliphatic rings. The Morgan fingerprint density at radius 3 is 2.60 bits per heavy atom. The van der Waals surface area contributed by atoms with E-state index in [9.17, 15) is 14.4 Å². The van der Waals surface area contributed by atoms with Crippen molar-refractivity contribution in [3.05, 3.63) is 0 Å². The average Bonchev–Trinajstić information content (AvgIpc) is 2.90. The molecule has 0 aromatic rings. The van der Waals surface area contributed by atoms with Crippen LogP contribution in [0.5, 0.6) is 0 Å². The molecule has 1 fully saturated rings. The number of nitrogens with zero attached hydrogens (tertiary/aromatic N) is 1. The van der Waals surface area contributed by atoms with Gasteiger partial charge in [-0.3, -0.25) is 4.79 Å². The van der Waals surface area contributed by atoms with Gasteiger partial charge < -0.3 is 24.8 Å². The van der Waals surface area contributed by atoms with Gasteiger partial charge in [-0.1, -0.05) is 0 Å². The Kier molecular flexibility index (Phi) is 6.23. The molecule has 0 aromatic heterocycles. The summed E-state index contributed by atoms with van der Waals surface area (Å²) in [5.74, 6) is -1.48. The quantitative estimate of drug-likeness (QED) is 0.657. The molecule has 0 radical (unpaired) electrons. The Morgan fingerprint density at radius 1 is 1.40 bits per heavy atom. The zero-order valence-electron chi connectivity index (χ0n) is 11.6. The van der Waals surface area contributed by atoms with E-state index in [1.54, 1.807) is 6.92 Å². The van der Waals surface area contributed by atoms with Crippen molar-refractivity contribution >= 4 is 18.0 Å². The average molecular weight is 288 g/mol. The summed E-state index contributed by atoms with van der Waals surface area (Å²) < 4.78 is 9.76. The number of amides is 2. The van der Waals surface area contributed by atoms with Gasteiger partial charge in [0.05, 0.1) is 13.2 Å². The summed E-state index contributed by atoms with van der Waals surface area (Å²) in [7, 11) is 1.26. The number of methoxy groups -OCH3 is 1. The van der Waals surface area contributed by atoms with Crippen LogP contribution in [0.4, 0.5) is 4.79 Å². The smallest absolute Gasteiger partial charge is 0.332 e. The lowest BCUT2D eigenvalue weighted by molar-refractivity contribution is -0.149. The first-order chi connectivity index (χ1) is 9.47. The number of ether oxygens (including phenoxy) is 2. The van der Waals surface area contributed by atoms with Crippen molar-refractivity contribution in [2.75, 3.05) is 26.7 Å². The number of carbonyl (C=O) groups is 3. The standard InChI is InChI=1S/C12H20N2O6/c1-3-14(7-10(15)19-2)12(18)13-6-8-4-5-9(20-8)11(16)17/h8-9H,3-7H2,1-2H3,(H,13,18)(H,16,17). The molecule has 0 aliphatic carbocycles.